The van der Waals surface area contributed by atoms with Crippen LogP contribution in [0.15, 0.2) is 46.2 Å². The second kappa shape index (κ2) is 5.85. The Morgan fingerprint density at radius 3 is 2.73 bits per heavy atom. The van der Waals surface area contributed by atoms with Gasteiger partial charge >= 0.3 is 0 Å². The fraction of sp³-hybridized carbons (Fsp3) is 0.154. The zero-order valence-electron chi connectivity index (χ0n) is 11.7. The molecule has 0 aliphatic rings. The van der Waals surface area contributed by atoms with Crippen LogP contribution in [0.3, 0.4) is 0 Å². The summed E-state index contributed by atoms with van der Waals surface area (Å²) in [7, 11) is -3.62. The molecule has 3 heterocycles. The van der Waals surface area contributed by atoms with E-state index < -0.39 is 10.0 Å². The van der Waals surface area contributed by atoms with Crippen molar-refractivity contribution in [1.82, 2.24) is 20.0 Å². The van der Waals surface area contributed by atoms with Crippen LogP contribution in [0.4, 0.5) is 5.82 Å². The van der Waals surface area contributed by atoms with Crippen LogP contribution in [0, 0.1) is 6.92 Å². The molecular weight excluding hydrogens is 322 g/mol. The summed E-state index contributed by atoms with van der Waals surface area (Å²) in [5.41, 5.74) is 1.66. The number of sulfonamides is 1. The lowest BCUT2D eigenvalue weighted by molar-refractivity contribution is 0.601. The molecule has 114 valence electrons. The summed E-state index contributed by atoms with van der Waals surface area (Å²) in [6, 6.07) is 5.29. The smallest absolute Gasteiger partial charge is 0.263 e. The third-order valence-electron chi connectivity index (χ3n) is 3.10. The number of hydrogen-bond donors (Lipinski definition) is 1. The van der Waals surface area contributed by atoms with Crippen LogP contribution in [0.25, 0.3) is 0 Å². The Kier molecular flexibility index (Phi) is 3.90. The van der Waals surface area contributed by atoms with Gasteiger partial charge in [0, 0.05) is 17.8 Å². The summed E-state index contributed by atoms with van der Waals surface area (Å²) >= 11 is 1.32. The van der Waals surface area contributed by atoms with Crippen LogP contribution < -0.4 is 4.72 Å². The monoisotopic (exact) mass is 335 g/mol. The topological polar surface area (TPSA) is 89.8 Å². The molecule has 0 saturated carbocycles. The summed E-state index contributed by atoms with van der Waals surface area (Å²) in [4.78, 5) is 4.18. The maximum atomic E-state index is 12.2. The van der Waals surface area contributed by atoms with E-state index in [4.69, 9.17) is 0 Å². The molecule has 0 radical (unpaired) electrons. The number of thiophene rings is 1. The summed E-state index contributed by atoms with van der Waals surface area (Å²) in [5.74, 6) is 0.236. The van der Waals surface area contributed by atoms with Gasteiger partial charge < -0.3 is 0 Å². The van der Waals surface area contributed by atoms with E-state index in [1.807, 2.05) is 12.1 Å². The van der Waals surface area contributed by atoms with Gasteiger partial charge in [-0.3, -0.25) is 9.71 Å². The van der Waals surface area contributed by atoms with E-state index in [-0.39, 0.29) is 10.7 Å². The number of rotatable bonds is 5. The molecule has 3 aromatic rings. The van der Waals surface area contributed by atoms with Gasteiger partial charge in [0.05, 0.1) is 17.1 Å². The zero-order valence-corrected chi connectivity index (χ0v) is 13.3. The van der Waals surface area contributed by atoms with Gasteiger partial charge in [-0.15, -0.1) is 5.10 Å². The molecule has 0 aliphatic carbocycles. The standard InChI is InChI=1S/C13H13N5O2S2/c1-10-13(16-22(19,20)12-4-7-21-9-12)15-17-18(10)8-11-2-5-14-6-3-11/h2-7,9,16H,8H2,1H3. The number of nitrogens with zero attached hydrogens (tertiary/aromatic N) is 4. The van der Waals surface area contributed by atoms with Crippen molar-refractivity contribution in [2.75, 3.05) is 4.72 Å². The molecule has 1 N–H and O–H groups in total. The summed E-state index contributed by atoms with van der Waals surface area (Å²) in [6.45, 7) is 2.27. The van der Waals surface area contributed by atoms with Crippen LogP contribution in [0.5, 0.6) is 0 Å². The van der Waals surface area contributed by atoms with Crippen molar-refractivity contribution in [3.63, 3.8) is 0 Å². The van der Waals surface area contributed by atoms with Crippen LogP contribution in [-0.2, 0) is 16.6 Å². The fourth-order valence-electron chi connectivity index (χ4n) is 1.86. The third kappa shape index (κ3) is 3.00. The van der Waals surface area contributed by atoms with Gasteiger partial charge in [0.15, 0.2) is 5.82 Å². The molecule has 0 aromatic carbocycles. The first-order chi connectivity index (χ1) is 10.6. The minimum absolute atomic E-state index is 0.223. The predicted octanol–water partition coefficient (Wildman–Crippen LogP) is 1.89. The fourth-order valence-corrected chi connectivity index (χ4v) is 3.94. The van der Waals surface area contributed by atoms with E-state index in [1.54, 1.807) is 40.8 Å². The quantitative estimate of drug-likeness (QED) is 0.769. The van der Waals surface area contributed by atoms with Crippen LogP contribution in [0.1, 0.15) is 11.3 Å². The molecule has 0 fully saturated rings. The van der Waals surface area contributed by atoms with Gasteiger partial charge in [-0.25, -0.2) is 13.1 Å². The minimum atomic E-state index is -3.62. The van der Waals surface area contributed by atoms with E-state index in [0.717, 1.165) is 5.56 Å². The molecule has 9 heteroatoms. The maximum absolute atomic E-state index is 12.2. The van der Waals surface area contributed by atoms with E-state index in [9.17, 15) is 8.42 Å². The van der Waals surface area contributed by atoms with Crippen LogP contribution >= 0.6 is 11.3 Å². The van der Waals surface area contributed by atoms with E-state index in [1.165, 1.54) is 11.3 Å². The number of pyridine rings is 1. The Bertz CT molecular complexity index is 857. The highest BCUT2D eigenvalue weighted by Crippen LogP contribution is 2.19. The Balaban J connectivity index is 1.82. The molecule has 0 spiro atoms. The lowest BCUT2D eigenvalue weighted by Gasteiger charge is -2.05. The number of anilines is 1. The van der Waals surface area contributed by atoms with Gasteiger partial charge in [-0.1, -0.05) is 5.21 Å². The molecule has 22 heavy (non-hydrogen) atoms. The van der Waals surface area contributed by atoms with E-state index in [2.05, 4.69) is 20.0 Å². The van der Waals surface area contributed by atoms with Crippen molar-refractivity contribution in [3.8, 4) is 0 Å². The third-order valence-corrected chi connectivity index (χ3v) is 5.27. The van der Waals surface area contributed by atoms with Crippen molar-refractivity contribution in [2.45, 2.75) is 18.4 Å². The molecule has 0 bridgehead atoms. The van der Waals surface area contributed by atoms with Crippen LogP contribution in [-0.4, -0.2) is 28.4 Å². The van der Waals surface area contributed by atoms with Gasteiger partial charge in [-0.2, -0.15) is 11.3 Å². The minimum Gasteiger partial charge on any atom is -0.265 e. The molecular formula is C13H13N5O2S2. The first-order valence-corrected chi connectivity index (χ1v) is 8.83. The molecule has 0 saturated heterocycles. The Hall–Kier alpha value is -2.26. The molecule has 0 amide bonds. The van der Waals surface area contributed by atoms with Crippen molar-refractivity contribution in [3.05, 3.63) is 52.6 Å². The second-order valence-electron chi connectivity index (χ2n) is 4.60. The Morgan fingerprint density at radius 1 is 1.27 bits per heavy atom. The molecule has 0 atom stereocenters. The van der Waals surface area contributed by atoms with Crippen molar-refractivity contribution < 1.29 is 8.42 Å². The molecule has 7 nitrogen and oxygen atoms in total. The van der Waals surface area contributed by atoms with E-state index in [0.29, 0.717) is 12.2 Å². The van der Waals surface area contributed by atoms with Gasteiger partial charge in [0.25, 0.3) is 10.0 Å². The normalized spacial score (nSPS) is 11.5. The lowest BCUT2D eigenvalue weighted by Crippen LogP contribution is -2.13. The summed E-state index contributed by atoms with van der Waals surface area (Å²) < 4.78 is 28.5. The highest BCUT2D eigenvalue weighted by molar-refractivity contribution is 7.92. The molecule has 3 aromatic heterocycles. The van der Waals surface area contributed by atoms with Gasteiger partial charge in [-0.05, 0) is 36.1 Å². The average molecular weight is 335 g/mol. The summed E-state index contributed by atoms with van der Waals surface area (Å²) in [5, 5.41) is 11.2. The lowest BCUT2D eigenvalue weighted by atomic mass is 10.3. The predicted molar refractivity (Wildman–Crippen MR) is 83.2 cm³/mol. The van der Waals surface area contributed by atoms with Crippen molar-refractivity contribution in [1.29, 1.82) is 0 Å². The van der Waals surface area contributed by atoms with Gasteiger partial charge in [0.1, 0.15) is 0 Å². The molecule has 0 aliphatic heterocycles. The van der Waals surface area contributed by atoms with Crippen molar-refractivity contribution >= 4 is 27.2 Å². The highest BCUT2D eigenvalue weighted by Gasteiger charge is 2.19. The highest BCUT2D eigenvalue weighted by atomic mass is 32.2. The number of aromatic nitrogens is 4. The SMILES string of the molecule is Cc1c(NS(=O)(=O)c2ccsc2)nnn1Cc1ccncc1. The van der Waals surface area contributed by atoms with Gasteiger partial charge in [0.2, 0.25) is 0 Å². The molecule has 3 rings (SSSR count). The zero-order chi connectivity index (χ0) is 15.6. The maximum Gasteiger partial charge on any atom is 0.263 e. The first-order valence-electron chi connectivity index (χ1n) is 6.40. The van der Waals surface area contributed by atoms with E-state index >= 15 is 0 Å². The second-order valence-corrected chi connectivity index (χ2v) is 7.06. The first kappa shape index (κ1) is 14.7. The summed E-state index contributed by atoms with van der Waals surface area (Å²) in [6.07, 6.45) is 3.39. The largest absolute Gasteiger partial charge is 0.265 e. The Labute approximate surface area is 131 Å². The molecule has 0 unspecified atom stereocenters. The average Bonchev–Trinajstić information content (AvgIpc) is 3.14. The number of hydrogen-bond acceptors (Lipinski definition) is 6. The van der Waals surface area contributed by atoms with Crippen LogP contribution in [0.2, 0.25) is 0 Å². The Morgan fingerprint density at radius 2 is 2.05 bits per heavy atom. The number of nitrogens with one attached hydrogen (secondary N) is 1. The van der Waals surface area contributed by atoms with Crippen molar-refractivity contribution in [2.24, 2.45) is 0 Å².